The van der Waals surface area contributed by atoms with Crippen LogP contribution < -0.4 is 10.6 Å². The maximum absolute atomic E-state index is 12.5. The first-order valence-corrected chi connectivity index (χ1v) is 7.74. The highest BCUT2D eigenvalue weighted by Crippen LogP contribution is 2.33. The Morgan fingerprint density at radius 1 is 1.15 bits per heavy atom. The van der Waals surface area contributed by atoms with Crippen molar-refractivity contribution in [3.05, 3.63) is 57.0 Å². The van der Waals surface area contributed by atoms with Crippen LogP contribution >= 0.6 is 31.9 Å². The van der Waals surface area contributed by atoms with E-state index in [9.17, 15) is 4.79 Å². The van der Waals surface area contributed by atoms with Crippen molar-refractivity contribution in [1.29, 1.82) is 0 Å². The molecule has 20 heavy (non-hydrogen) atoms. The predicted molar refractivity (Wildman–Crippen MR) is 90.0 cm³/mol. The molecule has 2 aromatic rings. The minimum Gasteiger partial charge on any atom is -0.397 e. The van der Waals surface area contributed by atoms with Gasteiger partial charge in [0.15, 0.2) is 0 Å². The van der Waals surface area contributed by atoms with Crippen molar-refractivity contribution in [2.45, 2.75) is 6.92 Å². The zero-order valence-corrected chi connectivity index (χ0v) is 14.1. The van der Waals surface area contributed by atoms with Gasteiger partial charge in [0, 0.05) is 26.7 Å². The van der Waals surface area contributed by atoms with E-state index in [1.807, 2.05) is 49.4 Å². The Hall–Kier alpha value is -1.33. The molecule has 2 aromatic carbocycles. The number of carbonyl (C=O) groups is 1. The molecule has 0 spiro atoms. The number of hydrogen-bond acceptors (Lipinski definition) is 2. The van der Waals surface area contributed by atoms with Crippen LogP contribution in [0.5, 0.6) is 0 Å². The number of nitrogens with two attached hydrogens (primary N) is 1. The van der Waals surface area contributed by atoms with Gasteiger partial charge in [0.2, 0.25) is 0 Å². The van der Waals surface area contributed by atoms with Gasteiger partial charge in [-0.05, 0) is 63.0 Å². The lowest BCUT2D eigenvalue weighted by Crippen LogP contribution is -2.30. The fourth-order valence-electron chi connectivity index (χ4n) is 1.91. The Labute approximate surface area is 135 Å². The molecule has 0 unspecified atom stereocenters. The molecule has 0 atom stereocenters. The van der Waals surface area contributed by atoms with Crippen LogP contribution in [-0.4, -0.2) is 12.5 Å². The zero-order valence-electron chi connectivity index (χ0n) is 10.9. The molecule has 0 saturated heterocycles. The van der Waals surface area contributed by atoms with Gasteiger partial charge in [-0.3, -0.25) is 4.79 Å². The van der Waals surface area contributed by atoms with Crippen LogP contribution in [0, 0.1) is 0 Å². The first kappa shape index (κ1) is 15.1. The lowest BCUT2D eigenvalue weighted by molar-refractivity contribution is 0.0988. The number of benzene rings is 2. The van der Waals surface area contributed by atoms with Crippen LogP contribution in [0.25, 0.3) is 0 Å². The molecule has 0 aromatic heterocycles. The van der Waals surface area contributed by atoms with Gasteiger partial charge >= 0.3 is 0 Å². The van der Waals surface area contributed by atoms with Gasteiger partial charge in [-0.15, -0.1) is 0 Å². The van der Waals surface area contributed by atoms with Crippen molar-refractivity contribution in [3.63, 3.8) is 0 Å². The molecule has 0 bridgehead atoms. The number of anilines is 2. The van der Waals surface area contributed by atoms with E-state index in [-0.39, 0.29) is 5.91 Å². The third kappa shape index (κ3) is 3.04. The van der Waals surface area contributed by atoms with Gasteiger partial charge in [0.05, 0.1) is 5.69 Å². The molecule has 0 heterocycles. The van der Waals surface area contributed by atoms with Crippen LogP contribution in [0.4, 0.5) is 11.4 Å². The van der Waals surface area contributed by atoms with Crippen molar-refractivity contribution < 1.29 is 4.79 Å². The third-order valence-corrected chi connectivity index (χ3v) is 4.27. The average molecular weight is 398 g/mol. The van der Waals surface area contributed by atoms with Crippen LogP contribution in [-0.2, 0) is 0 Å². The Morgan fingerprint density at radius 2 is 1.70 bits per heavy atom. The van der Waals surface area contributed by atoms with E-state index in [0.29, 0.717) is 17.8 Å². The molecule has 2 rings (SSSR count). The summed E-state index contributed by atoms with van der Waals surface area (Å²) in [5, 5.41) is 0. The molecule has 2 N–H and O–H groups in total. The highest BCUT2D eigenvalue weighted by atomic mass is 79.9. The van der Waals surface area contributed by atoms with Crippen molar-refractivity contribution >= 4 is 49.1 Å². The Morgan fingerprint density at radius 3 is 2.20 bits per heavy atom. The maximum atomic E-state index is 12.5. The quantitative estimate of drug-likeness (QED) is 0.777. The summed E-state index contributed by atoms with van der Waals surface area (Å²) >= 11 is 6.81. The second-order valence-corrected chi connectivity index (χ2v) is 5.95. The van der Waals surface area contributed by atoms with Gasteiger partial charge < -0.3 is 10.6 Å². The molecule has 0 radical (unpaired) electrons. The lowest BCUT2D eigenvalue weighted by atomic mass is 10.1. The summed E-state index contributed by atoms with van der Waals surface area (Å²) in [6.07, 6.45) is 0. The molecule has 104 valence electrons. The van der Waals surface area contributed by atoms with E-state index in [0.717, 1.165) is 14.6 Å². The Kier molecular flexibility index (Phi) is 4.83. The SMILES string of the molecule is CCN(C(=O)c1ccccc1)c1cc(Br)c(N)c(Br)c1. The topological polar surface area (TPSA) is 46.3 Å². The van der Waals surface area contributed by atoms with Gasteiger partial charge in [0.1, 0.15) is 0 Å². The summed E-state index contributed by atoms with van der Waals surface area (Å²) in [6, 6.07) is 12.9. The van der Waals surface area contributed by atoms with Crippen molar-refractivity contribution in [3.8, 4) is 0 Å². The van der Waals surface area contributed by atoms with Crippen LogP contribution in [0.1, 0.15) is 17.3 Å². The van der Waals surface area contributed by atoms with Gasteiger partial charge in [-0.2, -0.15) is 0 Å². The highest BCUT2D eigenvalue weighted by Gasteiger charge is 2.17. The minimum atomic E-state index is -0.0309. The maximum Gasteiger partial charge on any atom is 0.258 e. The van der Waals surface area contributed by atoms with E-state index in [1.54, 1.807) is 4.90 Å². The van der Waals surface area contributed by atoms with Crippen molar-refractivity contribution in [2.75, 3.05) is 17.2 Å². The number of hydrogen-bond donors (Lipinski definition) is 1. The summed E-state index contributed by atoms with van der Waals surface area (Å²) in [5.74, 6) is -0.0309. The zero-order chi connectivity index (χ0) is 14.7. The number of halogens is 2. The second kappa shape index (κ2) is 6.41. The summed E-state index contributed by atoms with van der Waals surface area (Å²) < 4.78 is 1.53. The molecular weight excluding hydrogens is 384 g/mol. The normalized spacial score (nSPS) is 10.3. The predicted octanol–water partition coefficient (Wildman–Crippen LogP) is 4.46. The molecule has 0 fully saturated rings. The largest absolute Gasteiger partial charge is 0.397 e. The van der Waals surface area contributed by atoms with Crippen molar-refractivity contribution in [1.82, 2.24) is 0 Å². The Balaban J connectivity index is 2.41. The molecule has 0 saturated carbocycles. The average Bonchev–Trinajstić information content (AvgIpc) is 2.46. The fraction of sp³-hybridized carbons (Fsp3) is 0.133. The standard InChI is InChI=1S/C15H14Br2N2O/c1-2-19(15(20)10-6-4-3-5-7-10)11-8-12(16)14(18)13(17)9-11/h3-9H,2,18H2,1H3. The molecule has 0 aliphatic heterocycles. The molecule has 0 aliphatic rings. The first-order valence-electron chi connectivity index (χ1n) is 6.16. The van der Waals surface area contributed by atoms with E-state index in [2.05, 4.69) is 31.9 Å². The number of rotatable bonds is 3. The van der Waals surface area contributed by atoms with E-state index >= 15 is 0 Å². The first-order chi connectivity index (χ1) is 9.54. The van der Waals surface area contributed by atoms with Crippen LogP contribution in [0.15, 0.2) is 51.4 Å². The second-order valence-electron chi connectivity index (χ2n) is 4.24. The van der Waals surface area contributed by atoms with Crippen LogP contribution in [0.3, 0.4) is 0 Å². The molecular formula is C15H14Br2N2O. The number of nitrogen functional groups attached to an aromatic ring is 1. The highest BCUT2D eigenvalue weighted by molar-refractivity contribution is 9.11. The number of carbonyl (C=O) groups excluding carboxylic acids is 1. The summed E-state index contributed by atoms with van der Waals surface area (Å²) in [5.41, 5.74) is 7.97. The third-order valence-electron chi connectivity index (χ3n) is 2.96. The molecule has 5 heteroatoms. The molecule has 1 amide bonds. The molecule has 3 nitrogen and oxygen atoms in total. The minimum absolute atomic E-state index is 0.0309. The van der Waals surface area contributed by atoms with Gasteiger partial charge in [-0.1, -0.05) is 18.2 Å². The summed E-state index contributed by atoms with van der Waals surface area (Å²) in [6.45, 7) is 2.52. The van der Waals surface area contributed by atoms with E-state index in [4.69, 9.17) is 5.73 Å². The van der Waals surface area contributed by atoms with E-state index in [1.165, 1.54) is 0 Å². The van der Waals surface area contributed by atoms with E-state index < -0.39 is 0 Å². The number of amides is 1. The lowest BCUT2D eigenvalue weighted by Gasteiger charge is -2.22. The van der Waals surface area contributed by atoms with Gasteiger partial charge in [-0.25, -0.2) is 0 Å². The molecule has 0 aliphatic carbocycles. The summed E-state index contributed by atoms with van der Waals surface area (Å²) in [7, 11) is 0. The smallest absolute Gasteiger partial charge is 0.258 e. The van der Waals surface area contributed by atoms with Gasteiger partial charge in [0.25, 0.3) is 5.91 Å². The van der Waals surface area contributed by atoms with Crippen molar-refractivity contribution in [2.24, 2.45) is 0 Å². The van der Waals surface area contributed by atoms with Crippen LogP contribution in [0.2, 0.25) is 0 Å². The summed E-state index contributed by atoms with van der Waals surface area (Å²) in [4.78, 5) is 14.3. The number of nitrogens with zero attached hydrogens (tertiary/aromatic N) is 1. The fourth-order valence-corrected chi connectivity index (χ4v) is 3.07. The monoisotopic (exact) mass is 396 g/mol. The Bertz CT molecular complexity index is 606.